The van der Waals surface area contributed by atoms with Crippen molar-refractivity contribution in [2.45, 2.75) is 42.6 Å². The molecule has 1 fully saturated rings. The molecule has 1 aliphatic rings. The zero-order valence-corrected chi connectivity index (χ0v) is 27.6. The standard InChI is InChI=1S/C33H34Cl2F2N4O2S/c1-33(2,21-6-11-26(34)29(16-21)43-5)30-17-38-32(40(30)24-9-7-22(36)8-10-24)44-19-25-27(35)14-20(15-28(25)37)31(42)39-23-12-13-41(3,4)18-23/h6-11,14-17,23H,12-13,18-19H2,1-5H3/p+1/t23-/m1/s1. The molecule has 0 bridgehead atoms. The number of carbonyl (C=O) groups excluding carboxylic acids is 1. The Balaban J connectivity index is 1.43. The molecule has 0 spiro atoms. The van der Waals surface area contributed by atoms with Gasteiger partial charge in [-0.05, 0) is 54.1 Å². The number of amides is 1. The van der Waals surface area contributed by atoms with Crippen molar-refractivity contribution in [3.63, 3.8) is 0 Å². The highest BCUT2D eigenvalue weighted by atomic mass is 35.5. The molecule has 11 heteroatoms. The molecule has 44 heavy (non-hydrogen) atoms. The van der Waals surface area contributed by atoms with E-state index in [4.69, 9.17) is 32.9 Å². The van der Waals surface area contributed by atoms with Crippen LogP contribution in [0.5, 0.6) is 5.75 Å². The van der Waals surface area contributed by atoms with E-state index in [0.717, 1.165) is 35.3 Å². The van der Waals surface area contributed by atoms with Gasteiger partial charge in [-0.25, -0.2) is 13.8 Å². The van der Waals surface area contributed by atoms with Crippen molar-refractivity contribution in [3.8, 4) is 11.4 Å². The zero-order valence-electron chi connectivity index (χ0n) is 25.3. The average molecular weight is 661 g/mol. The molecule has 6 nitrogen and oxygen atoms in total. The number of imidazole rings is 1. The molecule has 1 atom stereocenters. The number of carbonyl (C=O) groups is 1. The highest BCUT2D eigenvalue weighted by molar-refractivity contribution is 7.98. The lowest BCUT2D eigenvalue weighted by Gasteiger charge is -2.28. The molecule has 4 aromatic rings. The van der Waals surface area contributed by atoms with Crippen LogP contribution >= 0.6 is 35.0 Å². The van der Waals surface area contributed by atoms with E-state index in [0.29, 0.717) is 21.6 Å². The quantitative estimate of drug-likeness (QED) is 0.148. The first kappa shape index (κ1) is 32.3. The van der Waals surface area contributed by atoms with Crippen LogP contribution in [0.1, 0.15) is 47.4 Å². The summed E-state index contributed by atoms with van der Waals surface area (Å²) in [5, 5.41) is 4.25. The molecule has 2 heterocycles. The molecule has 0 radical (unpaired) electrons. The van der Waals surface area contributed by atoms with E-state index >= 15 is 4.39 Å². The van der Waals surface area contributed by atoms with Crippen molar-refractivity contribution in [3.05, 3.63) is 105 Å². The topological polar surface area (TPSA) is 56.1 Å². The first-order valence-electron chi connectivity index (χ1n) is 14.2. The summed E-state index contributed by atoms with van der Waals surface area (Å²) in [6.45, 7) is 5.89. The molecule has 232 valence electrons. The number of quaternary nitrogens is 1. The fourth-order valence-electron chi connectivity index (χ4n) is 5.59. The van der Waals surface area contributed by atoms with Crippen LogP contribution in [-0.2, 0) is 11.2 Å². The highest BCUT2D eigenvalue weighted by Gasteiger charge is 2.33. The largest absolute Gasteiger partial charge is 0.495 e. The predicted octanol–water partition coefficient (Wildman–Crippen LogP) is 7.66. The number of ether oxygens (including phenoxy) is 1. The van der Waals surface area contributed by atoms with E-state index in [1.54, 1.807) is 31.5 Å². The maximum Gasteiger partial charge on any atom is 0.251 e. The number of nitrogens with one attached hydrogen (secondary N) is 1. The number of hydrogen-bond donors (Lipinski definition) is 1. The van der Waals surface area contributed by atoms with Crippen LogP contribution in [0.2, 0.25) is 10.0 Å². The van der Waals surface area contributed by atoms with E-state index in [-0.39, 0.29) is 39.7 Å². The van der Waals surface area contributed by atoms with Crippen molar-refractivity contribution in [2.75, 3.05) is 34.3 Å². The van der Waals surface area contributed by atoms with Gasteiger partial charge >= 0.3 is 0 Å². The number of rotatable bonds is 9. The van der Waals surface area contributed by atoms with Crippen LogP contribution in [0, 0.1) is 11.6 Å². The normalized spacial score (nSPS) is 16.2. The van der Waals surface area contributed by atoms with Gasteiger partial charge in [0.15, 0.2) is 5.16 Å². The van der Waals surface area contributed by atoms with Crippen molar-refractivity contribution in [1.82, 2.24) is 14.9 Å². The first-order valence-corrected chi connectivity index (χ1v) is 15.9. The number of halogens is 4. The summed E-state index contributed by atoms with van der Waals surface area (Å²) in [6, 6.07) is 14.5. The minimum atomic E-state index is -0.580. The molecule has 0 aliphatic carbocycles. The summed E-state index contributed by atoms with van der Waals surface area (Å²) in [4.78, 5) is 17.6. The maximum absolute atomic E-state index is 15.4. The van der Waals surface area contributed by atoms with Gasteiger partial charge in [0.2, 0.25) is 0 Å². The maximum atomic E-state index is 15.4. The predicted molar refractivity (Wildman–Crippen MR) is 172 cm³/mol. The van der Waals surface area contributed by atoms with Crippen LogP contribution in [-0.4, -0.2) is 60.3 Å². The van der Waals surface area contributed by atoms with Gasteiger partial charge in [0, 0.05) is 39.4 Å². The number of nitrogens with zero attached hydrogens (tertiary/aromatic N) is 3. The van der Waals surface area contributed by atoms with Crippen molar-refractivity contribution in [1.29, 1.82) is 0 Å². The number of thioether (sulfide) groups is 1. The first-order chi connectivity index (χ1) is 20.8. The lowest BCUT2D eigenvalue weighted by atomic mass is 9.81. The van der Waals surface area contributed by atoms with Crippen LogP contribution in [0.3, 0.4) is 0 Å². The minimum Gasteiger partial charge on any atom is -0.495 e. The number of aromatic nitrogens is 2. The van der Waals surface area contributed by atoms with E-state index < -0.39 is 11.2 Å². The number of benzene rings is 3. The molecule has 1 aromatic heterocycles. The average Bonchev–Trinajstić information content (AvgIpc) is 3.55. The van der Waals surface area contributed by atoms with Crippen LogP contribution < -0.4 is 10.1 Å². The second kappa shape index (κ2) is 12.7. The lowest BCUT2D eigenvalue weighted by Crippen LogP contribution is -2.42. The van der Waals surface area contributed by atoms with Crippen LogP contribution in [0.25, 0.3) is 5.69 Å². The summed E-state index contributed by atoms with van der Waals surface area (Å²) in [5.74, 6) is -0.553. The number of likely N-dealkylation sites (tertiary alicyclic amines) is 1. The fourth-order valence-corrected chi connectivity index (χ4v) is 7.17. The van der Waals surface area contributed by atoms with E-state index in [1.165, 1.54) is 36.0 Å². The minimum absolute atomic E-state index is 0.0345. The molecular formula is C33H35Cl2F2N4O2S+. The molecular weight excluding hydrogens is 625 g/mol. The monoisotopic (exact) mass is 659 g/mol. The van der Waals surface area contributed by atoms with Gasteiger partial charge in [-0.3, -0.25) is 9.36 Å². The lowest BCUT2D eigenvalue weighted by molar-refractivity contribution is -0.878. The number of methoxy groups -OCH3 is 1. The van der Waals surface area contributed by atoms with Crippen molar-refractivity contribution < 1.29 is 22.8 Å². The van der Waals surface area contributed by atoms with Gasteiger partial charge in [0.05, 0.1) is 57.2 Å². The Morgan fingerprint density at radius 3 is 2.48 bits per heavy atom. The van der Waals surface area contributed by atoms with Crippen molar-refractivity contribution in [2.24, 2.45) is 0 Å². The second-order valence-electron chi connectivity index (χ2n) is 12.2. The number of likely N-dealkylation sites (N-methyl/N-ethyl adjacent to an activating group) is 1. The molecule has 3 aromatic carbocycles. The Labute approximate surface area is 270 Å². The summed E-state index contributed by atoms with van der Waals surface area (Å²) < 4.78 is 37.5. The van der Waals surface area contributed by atoms with Gasteiger partial charge in [0.25, 0.3) is 5.91 Å². The van der Waals surface area contributed by atoms with E-state index in [9.17, 15) is 9.18 Å². The third-order valence-electron chi connectivity index (χ3n) is 8.21. The summed E-state index contributed by atoms with van der Waals surface area (Å²) in [7, 11) is 5.80. The smallest absolute Gasteiger partial charge is 0.251 e. The summed E-state index contributed by atoms with van der Waals surface area (Å²) in [5.41, 5.74) is 2.33. The Kier molecular flexibility index (Phi) is 9.33. The third kappa shape index (κ3) is 6.76. The molecule has 1 aliphatic heterocycles. The number of hydrogen-bond acceptors (Lipinski definition) is 4. The van der Waals surface area contributed by atoms with Gasteiger partial charge in [-0.2, -0.15) is 0 Å². The molecule has 0 saturated carbocycles. The molecule has 1 amide bonds. The molecule has 1 saturated heterocycles. The molecule has 1 N–H and O–H groups in total. The molecule has 5 rings (SSSR count). The fraction of sp³-hybridized carbons (Fsp3) is 0.333. The Bertz CT molecular complexity index is 1670. The SMILES string of the molecule is COc1cc(C(C)(C)c2cnc(SCc3c(F)cc(C(=O)N[C@@H]4CC[N+](C)(C)C4)cc3Cl)n2-c2ccc(F)cc2)ccc1Cl. The molecule has 0 unspecified atom stereocenters. The zero-order chi connectivity index (χ0) is 31.8. The Morgan fingerprint density at radius 2 is 1.84 bits per heavy atom. The van der Waals surface area contributed by atoms with Crippen molar-refractivity contribution >= 4 is 40.9 Å². The summed E-state index contributed by atoms with van der Waals surface area (Å²) >= 11 is 14.1. The van der Waals surface area contributed by atoms with E-state index in [2.05, 4.69) is 19.4 Å². The van der Waals surface area contributed by atoms with Crippen LogP contribution in [0.4, 0.5) is 8.78 Å². The van der Waals surface area contributed by atoms with Gasteiger partial charge in [-0.1, -0.05) is 54.9 Å². The summed E-state index contributed by atoms with van der Waals surface area (Å²) in [6.07, 6.45) is 2.63. The van der Waals surface area contributed by atoms with Gasteiger partial charge in [0.1, 0.15) is 17.4 Å². The third-order valence-corrected chi connectivity index (χ3v) is 9.84. The second-order valence-corrected chi connectivity index (χ2v) is 14.0. The Morgan fingerprint density at radius 1 is 1.11 bits per heavy atom. The van der Waals surface area contributed by atoms with Gasteiger partial charge in [-0.15, -0.1) is 0 Å². The highest BCUT2D eigenvalue weighted by Crippen LogP contribution is 2.39. The Hall–Kier alpha value is -3.11. The van der Waals surface area contributed by atoms with Crippen LogP contribution in [0.15, 0.2) is 66.0 Å². The van der Waals surface area contributed by atoms with Gasteiger partial charge < -0.3 is 14.5 Å². The van der Waals surface area contributed by atoms with E-state index in [1.807, 2.05) is 30.5 Å².